The van der Waals surface area contributed by atoms with Gasteiger partial charge in [-0.2, -0.15) is 0 Å². The third-order valence-electron chi connectivity index (χ3n) is 12.0. The molecule has 38 heavy (non-hydrogen) atoms. The predicted octanol–water partition coefficient (Wildman–Crippen LogP) is 3.20. The molecule has 7 heteroatoms. The largest absolute Gasteiger partial charge is 0.393 e. The van der Waals surface area contributed by atoms with Crippen LogP contribution in [-0.2, 0) is 4.79 Å². The van der Waals surface area contributed by atoms with Crippen molar-refractivity contribution in [1.29, 1.82) is 0 Å². The van der Waals surface area contributed by atoms with Gasteiger partial charge in [0, 0.05) is 13.0 Å². The molecule has 7 N–H and O–H groups in total. The van der Waals surface area contributed by atoms with Gasteiger partial charge in [0.1, 0.15) is 0 Å². The highest BCUT2D eigenvalue weighted by molar-refractivity contribution is 5.75. The normalized spacial score (nSPS) is 43.1. The molecule has 220 valence electrons. The van der Waals surface area contributed by atoms with Crippen LogP contribution >= 0.6 is 0 Å². The molecule has 1 amide bonds. The van der Waals surface area contributed by atoms with Crippen molar-refractivity contribution in [2.45, 2.75) is 116 Å². The lowest BCUT2D eigenvalue weighted by molar-refractivity contribution is -0.223. The molecule has 0 aromatic rings. The van der Waals surface area contributed by atoms with Gasteiger partial charge in [-0.15, -0.1) is 0 Å². The second-order valence-electron chi connectivity index (χ2n) is 14.0. The molecule has 0 aromatic heterocycles. The number of rotatable bonds is 12. The maximum atomic E-state index is 12.5. The number of carbonyl (C=O) groups excluding carboxylic acids is 1. The van der Waals surface area contributed by atoms with Crippen LogP contribution in [0.3, 0.4) is 0 Å². The summed E-state index contributed by atoms with van der Waals surface area (Å²) in [7, 11) is 0. The zero-order valence-electron chi connectivity index (χ0n) is 24.3. The molecule has 4 aliphatic carbocycles. The van der Waals surface area contributed by atoms with Gasteiger partial charge in [-0.3, -0.25) is 4.79 Å². The molecule has 0 unspecified atom stereocenters. The van der Waals surface area contributed by atoms with Crippen molar-refractivity contribution < 1.29 is 20.1 Å². The molecule has 4 aliphatic rings. The highest BCUT2D eigenvalue weighted by Crippen LogP contribution is 2.68. The van der Waals surface area contributed by atoms with E-state index in [1.807, 2.05) is 0 Å². The number of nitrogens with one attached hydrogen (secondary N) is 2. The quantitative estimate of drug-likeness (QED) is 0.213. The second kappa shape index (κ2) is 12.8. The van der Waals surface area contributed by atoms with Crippen molar-refractivity contribution in [3.8, 4) is 0 Å². The topological polar surface area (TPSA) is 128 Å². The third kappa shape index (κ3) is 5.97. The molecule has 0 radical (unpaired) electrons. The van der Waals surface area contributed by atoms with Crippen LogP contribution in [-0.4, -0.2) is 65.7 Å². The summed E-state index contributed by atoms with van der Waals surface area (Å²) in [5.74, 6) is 2.17. The molecule has 7 nitrogen and oxygen atoms in total. The Labute approximate surface area is 231 Å². The minimum Gasteiger partial charge on any atom is -0.393 e. The highest BCUT2D eigenvalue weighted by Gasteiger charge is 2.65. The van der Waals surface area contributed by atoms with Crippen molar-refractivity contribution in [3.63, 3.8) is 0 Å². The lowest BCUT2D eigenvalue weighted by Gasteiger charge is -2.63. The van der Waals surface area contributed by atoms with Gasteiger partial charge >= 0.3 is 0 Å². The summed E-state index contributed by atoms with van der Waals surface area (Å²) in [6.45, 7) is 10.5. The first-order valence-corrected chi connectivity index (χ1v) is 15.8. The monoisotopic (exact) mass is 535 g/mol. The number of hydrogen-bond donors (Lipinski definition) is 6. The SMILES string of the molecule is C[C@@H](CCC(=O)NCCCNCCCCN)[C@@H]1CC[C@@H]2[C@H]3[C@H](O)[C@H](O)[C@H]4C[C@@H](O)CC[C@@]4(C)[C@@H]3CC[C@]21C. The van der Waals surface area contributed by atoms with Crippen LogP contribution in [0.4, 0.5) is 0 Å². The zero-order valence-corrected chi connectivity index (χ0v) is 24.3. The molecule has 0 heterocycles. The highest BCUT2D eigenvalue weighted by atomic mass is 16.3. The van der Waals surface area contributed by atoms with E-state index in [4.69, 9.17) is 5.73 Å². The summed E-state index contributed by atoms with van der Waals surface area (Å²) < 4.78 is 0. The van der Waals surface area contributed by atoms with Crippen LogP contribution in [0, 0.1) is 46.3 Å². The summed E-state index contributed by atoms with van der Waals surface area (Å²) >= 11 is 0. The Balaban J connectivity index is 1.28. The first-order valence-electron chi connectivity index (χ1n) is 15.8. The van der Waals surface area contributed by atoms with Gasteiger partial charge in [-0.05, 0) is 137 Å². The number of aliphatic hydroxyl groups is 3. The standard InChI is InChI=1S/C31H57N3O4/c1-20(7-10-26(36)34-18-6-17-33-16-5-4-15-32)22-8-9-23-27-24(12-14-30(22,23)2)31(3)13-11-21(35)19-25(31)28(37)29(27)38/h20-25,27-29,33,35,37-38H,4-19,32H2,1-3H3,(H,34,36)/t20-,21-,22-,23+,24+,25+,27+,28+,29-,30-,31-/m0/s1. The lowest BCUT2D eigenvalue weighted by Crippen LogP contribution is -2.64. The molecule has 4 saturated carbocycles. The van der Waals surface area contributed by atoms with E-state index in [0.29, 0.717) is 36.5 Å². The van der Waals surface area contributed by atoms with E-state index < -0.39 is 12.2 Å². The molecular weight excluding hydrogens is 478 g/mol. The summed E-state index contributed by atoms with van der Waals surface area (Å²) in [5.41, 5.74) is 5.68. The first kappa shape index (κ1) is 30.2. The predicted molar refractivity (Wildman–Crippen MR) is 151 cm³/mol. The van der Waals surface area contributed by atoms with Crippen molar-refractivity contribution >= 4 is 5.91 Å². The Kier molecular flexibility index (Phi) is 10.2. The van der Waals surface area contributed by atoms with E-state index >= 15 is 0 Å². The van der Waals surface area contributed by atoms with Gasteiger partial charge in [0.25, 0.3) is 0 Å². The number of aliphatic hydroxyl groups excluding tert-OH is 3. The fourth-order valence-electron chi connectivity index (χ4n) is 9.82. The molecule has 0 aliphatic heterocycles. The van der Waals surface area contributed by atoms with Crippen LogP contribution in [0.25, 0.3) is 0 Å². The van der Waals surface area contributed by atoms with Crippen molar-refractivity contribution in [3.05, 3.63) is 0 Å². The van der Waals surface area contributed by atoms with E-state index in [-0.39, 0.29) is 34.7 Å². The Bertz CT molecular complexity index is 782. The van der Waals surface area contributed by atoms with Crippen molar-refractivity contribution in [1.82, 2.24) is 10.6 Å². The number of fused-ring (bicyclic) bond motifs is 5. The van der Waals surface area contributed by atoms with E-state index in [0.717, 1.165) is 84.0 Å². The maximum Gasteiger partial charge on any atom is 0.220 e. The molecule has 0 bridgehead atoms. The van der Waals surface area contributed by atoms with Crippen LogP contribution < -0.4 is 16.4 Å². The molecule has 0 saturated heterocycles. The minimum absolute atomic E-state index is 0.00561. The number of hydrogen-bond acceptors (Lipinski definition) is 6. The van der Waals surface area contributed by atoms with E-state index in [9.17, 15) is 20.1 Å². The fourth-order valence-corrected chi connectivity index (χ4v) is 9.82. The average Bonchev–Trinajstić information content (AvgIpc) is 3.25. The van der Waals surface area contributed by atoms with Gasteiger partial charge in [0.05, 0.1) is 18.3 Å². The Morgan fingerprint density at radius 3 is 2.37 bits per heavy atom. The van der Waals surface area contributed by atoms with Crippen LogP contribution in [0.5, 0.6) is 0 Å². The average molecular weight is 536 g/mol. The smallest absolute Gasteiger partial charge is 0.220 e. The third-order valence-corrected chi connectivity index (χ3v) is 12.0. The van der Waals surface area contributed by atoms with Gasteiger partial charge < -0.3 is 31.7 Å². The summed E-state index contributed by atoms with van der Waals surface area (Å²) in [6, 6.07) is 0. The first-order chi connectivity index (χ1) is 18.1. The molecule has 4 fully saturated rings. The minimum atomic E-state index is -0.736. The maximum absolute atomic E-state index is 12.5. The van der Waals surface area contributed by atoms with Crippen molar-refractivity contribution in [2.75, 3.05) is 26.2 Å². The summed E-state index contributed by atoms with van der Waals surface area (Å²) in [4.78, 5) is 12.5. The van der Waals surface area contributed by atoms with Gasteiger partial charge in [0.15, 0.2) is 0 Å². The van der Waals surface area contributed by atoms with Gasteiger partial charge in [0.2, 0.25) is 5.91 Å². The number of carbonyl (C=O) groups is 1. The Hall–Kier alpha value is -0.730. The van der Waals surface area contributed by atoms with E-state index in [2.05, 4.69) is 31.4 Å². The van der Waals surface area contributed by atoms with Crippen LogP contribution in [0.2, 0.25) is 0 Å². The van der Waals surface area contributed by atoms with Crippen molar-refractivity contribution in [2.24, 2.45) is 52.1 Å². The summed E-state index contributed by atoms with van der Waals surface area (Å²) in [5, 5.41) is 39.5. The molecule has 4 rings (SSSR count). The van der Waals surface area contributed by atoms with Gasteiger partial charge in [-0.25, -0.2) is 0 Å². The molecule has 0 spiro atoms. The zero-order chi connectivity index (χ0) is 27.5. The number of unbranched alkanes of at least 4 members (excludes halogenated alkanes) is 1. The molecular formula is C31H57N3O4. The summed E-state index contributed by atoms with van der Waals surface area (Å²) in [6.07, 6.45) is 9.75. The second-order valence-corrected chi connectivity index (χ2v) is 14.0. The lowest BCUT2D eigenvalue weighted by atomic mass is 9.43. The molecule has 11 atom stereocenters. The Morgan fingerprint density at radius 2 is 1.61 bits per heavy atom. The van der Waals surface area contributed by atoms with E-state index in [1.165, 1.54) is 6.42 Å². The number of nitrogens with two attached hydrogens (primary N) is 1. The van der Waals surface area contributed by atoms with E-state index in [1.54, 1.807) is 0 Å². The van der Waals surface area contributed by atoms with Crippen LogP contribution in [0.15, 0.2) is 0 Å². The molecule has 0 aromatic carbocycles. The van der Waals surface area contributed by atoms with Crippen LogP contribution in [0.1, 0.15) is 97.8 Å². The van der Waals surface area contributed by atoms with Gasteiger partial charge in [-0.1, -0.05) is 20.8 Å². The Morgan fingerprint density at radius 1 is 0.895 bits per heavy atom. The number of amides is 1. The fraction of sp³-hybridized carbons (Fsp3) is 0.968.